The number of rotatable bonds is 6. The van der Waals surface area contributed by atoms with Crippen LogP contribution in [-0.4, -0.2) is 67.4 Å². The zero-order valence-electron chi connectivity index (χ0n) is 25.3. The van der Waals surface area contributed by atoms with Gasteiger partial charge < -0.3 is 19.9 Å². The van der Waals surface area contributed by atoms with Crippen molar-refractivity contribution in [3.05, 3.63) is 53.2 Å². The molecule has 0 spiro atoms. The van der Waals surface area contributed by atoms with Gasteiger partial charge in [0.1, 0.15) is 22.8 Å². The lowest BCUT2D eigenvalue weighted by atomic mass is 9.82. The SMILES string of the molecule is C#Cc1c(F)ccc2cc(C(C)(C)C#N)cc(-c3ncc4c(N(C)C[C@H]5CCCCN5)nc(N5CCOCC5)nc4c3F)c12. The lowest BCUT2D eigenvalue weighted by molar-refractivity contribution is 0.122. The largest absolute Gasteiger partial charge is 0.378 e. The molecule has 44 heavy (non-hydrogen) atoms. The Hall–Kier alpha value is -4.38. The van der Waals surface area contributed by atoms with Crippen molar-refractivity contribution in [3.63, 3.8) is 0 Å². The van der Waals surface area contributed by atoms with Crippen LogP contribution in [0, 0.1) is 35.3 Å². The summed E-state index contributed by atoms with van der Waals surface area (Å²) in [6.07, 6.45) is 10.7. The molecule has 6 rings (SSSR count). The number of nitrogens with zero attached hydrogens (tertiary/aromatic N) is 6. The van der Waals surface area contributed by atoms with Crippen molar-refractivity contribution in [2.24, 2.45) is 0 Å². The van der Waals surface area contributed by atoms with E-state index in [1.165, 1.54) is 6.07 Å². The fraction of sp³-hybridized carbons (Fsp3) is 0.412. The van der Waals surface area contributed by atoms with E-state index in [4.69, 9.17) is 21.1 Å². The quantitative estimate of drug-likeness (QED) is 0.300. The van der Waals surface area contributed by atoms with Gasteiger partial charge in [0.2, 0.25) is 5.95 Å². The summed E-state index contributed by atoms with van der Waals surface area (Å²) in [4.78, 5) is 18.3. The van der Waals surface area contributed by atoms with E-state index in [1.807, 2.05) is 16.8 Å². The van der Waals surface area contributed by atoms with Crippen LogP contribution < -0.4 is 15.1 Å². The highest BCUT2D eigenvalue weighted by Gasteiger charge is 2.27. The summed E-state index contributed by atoms with van der Waals surface area (Å²) in [5.41, 5.74) is 0.139. The second kappa shape index (κ2) is 12.0. The number of fused-ring (bicyclic) bond motifs is 2. The monoisotopic (exact) mass is 595 g/mol. The number of anilines is 2. The van der Waals surface area contributed by atoms with Gasteiger partial charge in [0.05, 0.1) is 35.6 Å². The number of benzene rings is 2. The predicted octanol–water partition coefficient (Wildman–Crippen LogP) is 5.32. The van der Waals surface area contributed by atoms with Crippen molar-refractivity contribution in [3.8, 4) is 29.7 Å². The smallest absolute Gasteiger partial charge is 0.228 e. The van der Waals surface area contributed by atoms with E-state index in [1.54, 1.807) is 38.2 Å². The van der Waals surface area contributed by atoms with Gasteiger partial charge in [0.25, 0.3) is 0 Å². The molecule has 0 amide bonds. The highest BCUT2D eigenvalue weighted by Crippen LogP contribution is 2.39. The molecule has 0 saturated carbocycles. The molecule has 0 unspecified atom stereocenters. The van der Waals surface area contributed by atoms with Crippen LogP contribution in [0.15, 0.2) is 30.5 Å². The van der Waals surface area contributed by atoms with Crippen molar-refractivity contribution in [1.82, 2.24) is 20.3 Å². The summed E-state index contributed by atoms with van der Waals surface area (Å²) in [7, 11) is 1.95. The Morgan fingerprint density at radius 1 is 1.18 bits per heavy atom. The highest BCUT2D eigenvalue weighted by atomic mass is 19.1. The maximum atomic E-state index is 16.9. The Morgan fingerprint density at radius 2 is 1.98 bits per heavy atom. The summed E-state index contributed by atoms with van der Waals surface area (Å²) >= 11 is 0. The molecule has 2 saturated heterocycles. The van der Waals surface area contributed by atoms with E-state index >= 15 is 8.78 Å². The minimum Gasteiger partial charge on any atom is -0.378 e. The van der Waals surface area contributed by atoms with Crippen LogP contribution in [0.1, 0.15) is 44.2 Å². The van der Waals surface area contributed by atoms with E-state index in [9.17, 15) is 5.26 Å². The van der Waals surface area contributed by atoms with E-state index in [-0.39, 0.29) is 22.8 Å². The number of ether oxygens (including phenoxy) is 1. The summed E-state index contributed by atoms with van der Waals surface area (Å²) in [5.74, 6) is 2.19. The van der Waals surface area contributed by atoms with E-state index in [0.29, 0.717) is 71.9 Å². The number of nitriles is 1. The van der Waals surface area contributed by atoms with Gasteiger partial charge in [-0.25, -0.2) is 13.8 Å². The number of aromatic nitrogens is 3. The molecule has 0 radical (unpaired) electrons. The number of hydrogen-bond acceptors (Lipinski definition) is 8. The number of morpholine rings is 1. The van der Waals surface area contributed by atoms with Crippen LogP contribution >= 0.6 is 0 Å². The fourth-order valence-corrected chi connectivity index (χ4v) is 6.10. The van der Waals surface area contributed by atoms with Crippen LogP contribution in [0.3, 0.4) is 0 Å². The first kappa shape index (κ1) is 29.7. The molecule has 2 aliphatic rings. The molecule has 2 aromatic heterocycles. The highest BCUT2D eigenvalue weighted by molar-refractivity contribution is 6.03. The van der Waals surface area contributed by atoms with Gasteiger partial charge in [-0.05, 0) is 62.4 Å². The van der Waals surface area contributed by atoms with Gasteiger partial charge >= 0.3 is 0 Å². The number of hydrogen-bond donors (Lipinski definition) is 1. The van der Waals surface area contributed by atoms with Crippen LogP contribution in [0.5, 0.6) is 0 Å². The molecular formula is C34H35F2N7O. The average Bonchev–Trinajstić information content (AvgIpc) is 3.05. The summed E-state index contributed by atoms with van der Waals surface area (Å²) in [6.45, 7) is 7.43. The molecule has 2 aromatic carbocycles. The second-order valence-electron chi connectivity index (χ2n) is 12.1. The molecule has 0 bridgehead atoms. The third-order valence-corrected chi connectivity index (χ3v) is 8.68. The van der Waals surface area contributed by atoms with Crippen LogP contribution in [0.4, 0.5) is 20.5 Å². The number of nitrogens with one attached hydrogen (secondary N) is 1. The van der Waals surface area contributed by atoms with Crippen molar-refractivity contribution in [2.75, 3.05) is 56.2 Å². The molecule has 226 valence electrons. The number of likely N-dealkylation sites (N-methyl/N-ethyl adjacent to an activating group) is 1. The number of terminal acetylenes is 1. The van der Waals surface area contributed by atoms with Crippen LogP contribution in [-0.2, 0) is 10.2 Å². The lowest BCUT2D eigenvalue weighted by Gasteiger charge is -2.31. The molecule has 4 aromatic rings. The molecule has 2 fully saturated rings. The minimum atomic E-state index is -0.907. The lowest BCUT2D eigenvalue weighted by Crippen LogP contribution is -2.43. The zero-order valence-corrected chi connectivity index (χ0v) is 25.3. The molecule has 4 heterocycles. The fourth-order valence-electron chi connectivity index (χ4n) is 6.10. The summed E-state index contributed by atoms with van der Waals surface area (Å²) < 4.78 is 37.5. The third-order valence-electron chi connectivity index (χ3n) is 8.68. The van der Waals surface area contributed by atoms with Gasteiger partial charge in [-0.15, -0.1) is 6.42 Å². The van der Waals surface area contributed by atoms with Crippen LogP contribution in [0.25, 0.3) is 32.9 Å². The first-order chi connectivity index (χ1) is 21.2. The number of pyridine rings is 1. The third kappa shape index (κ3) is 5.40. The van der Waals surface area contributed by atoms with Crippen molar-refractivity contribution in [2.45, 2.75) is 44.6 Å². The average molecular weight is 596 g/mol. The van der Waals surface area contributed by atoms with Gasteiger partial charge in [-0.2, -0.15) is 10.2 Å². The Balaban J connectivity index is 1.59. The number of halogens is 2. The second-order valence-corrected chi connectivity index (χ2v) is 12.1. The topological polar surface area (TPSA) is 90.2 Å². The van der Waals surface area contributed by atoms with Gasteiger partial charge in [0.15, 0.2) is 5.82 Å². The van der Waals surface area contributed by atoms with Gasteiger partial charge in [0, 0.05) is 49.9 Å². The minimum absolute atomic E-state index is 0.0113. The van der Waals surface area contributed by atoms with Gasteiger partial charge in [-0.3, -0.25) is 4.98 Å². The van der Waals surface area contributed by atoms with E-state index in [0.717, 1.165) is 25.8 Å². The van der Waals surface area contributed by atoms with Crippen molar-refractivity contribution < 1.29 is 13.5 Å². The molecule has 2 aliphatic heterocycles. The Bertz CT molecular complexity index is 1820. The Labute approximate surface area is 256 Å². The Kier molecular flexibility index (Phi) is 8.06. The maximum Gasteiger partial charge on any atom is 0.228 e. The Morgan fingerprint density at radius 3 is 2.68 bits per heavy atom. The summed E-state index contributed by atoms with van der Waals surface area (Å²) in [6, 6.07) is 8.97. The molecular weight excluding hydrogens is 560 g/mol. The molecule has 1 atom stereocenters. The molecule has 1 N–H and O–H groups in total. The standard InChI is InChI=1S/C34H35F2N7O/c1-5-24-27(35)10-9-21-16-22(34(2,3)20-37)17-25(28(21)24)30-29(36)31-26(18-39-30)32(42(4)19-23-8-6-7-11-38-23)41-33(40-31)43-12-14-44-15-13-43/h1,9-10,16-18,23,38H,6-8,11-15,19H2,2-4H3/t23-/m1/s1. The normalized spacial score (nSPS) is 17.4. The van der Waals surface area contributed by atoms with E-state index < -0.39 is 17.0 Å². The van der Waals surface area contributed by atoms with Crippen LogP contribution in [0.2, 0.25) is 0 Å². The van der Waals surface area contributed by atoms with Gasteiger partial charge in [-0.1, -0.05) is 18.4 Å². The maximum absolute atomic E-state index is 16.9. The molecule has 8 nitrogen and oxygen atoms in total. The predicted molar refractivity (Wildman–Crippen MR) is 169 cm³/mol. The molecule has 10 heteroatoms. The van der Waals surface area contributed by atoms with Crippen molar-refractivity contribution in [1.29, 1.82) is 5.26 Å². The zero-order chi connectivity index (χ0) is 31.0. The van der Waals surface area contributed by atoms with Crippen molar-refractivity contribution >= 4 is 33.4 Å². The number of piperidine rings is 1. The summed E-state index contributed by atoms with van der Waals surface area (Å²) in [5, 5.41) is 14.9. The first-order valence-electron chi connectivity index (χ1n) is 15.0. The van der Waals surface area contributed by atoms with E-state index in [2.05, 4.69) is 22.3 Å². The first-order valence-corrected chi connectivity index (χ1v) is 15.0. The molecule has 0 aliphatic carbocycles.